The molecule has 0 radical (unpaired) electrons. The molecule has 0 bridgehead atoms. The monoisotopic (exact) mass is 241 g/mol. The highest BCUT2D eigenvalue weighted by atomic mass is 16.5. The summed E-state index contributed by atoms with van der Waals surface area (Å²) < 4.78 is 10.2. The lowest BCUT2D eigenvalue weighted by Gasteiger charge is -2.17. The number of nitrogens with zero attached hydrogens (tertiary/aromatic N) is 1. The molecule has 5 nitrogen and oxygen atoms in total. The lowest BCUT2D eigenvalue weighted by molar-refractivity contribution is 0.0522. The molecular formula is C12H19NO4. The Morgan fingerprint density at radius 1 is 1.53 bits per heavy atom. The predicted molar refractivity (Wildman–Crippen MR) is 62.7 cm³/mol. The quantitative estimate of drug-likeness (QED) is 0.728. The van der Waals surface area contributed by atoms with Gasteiger partial charge in [-0.2, -0.15) is 0 Å². The Morgan fingerprint density at radius 3 is 2.88 bits per heavy atom. The Kier molecular flexibility index (Phi) is 5.72. The zero-order valence-corrected chi connectivity index (χ0v) is 10.3. The van der Waals surface area contributed by atoms with Crippen LogP contribution in [0.4, 0.5) is 0 Å². The van der Waals surface area contributed by atoms with Crippen LogP contribution in [0.2, 0.25) is 0 Å². The van der Waals surface area contributed by atoms with Crippen LogP contribution in [0.25, 0.3) is 0 Å². The first-order chi connectivity index (χ1) is 8.22. The molecule has 1 heterocycles. The van der Waals surface area contributed by atoms with E-state index in [1.54, 1.807) is 13.0 Å². The topological polar surface area (TPSA) is 62.9 Å². The molecule has 0 aliphatic rings. The molecule has 0 unspecified atom stereocenters. The molecule has 0 saturated carbocycles. The van der Waals surface area contributed by atoms with Crippen LogP contribution in [0.5, 0.6) is 0 Å². The van der Waals surface area contributed by atoms with E-state index in [0.29, 0.717) is 31.0 Å². The first-order valence-corrected chi connectivity index (χ1v) is 5.79. The van der Waals surface area contributed by atoms with E-state index in [1.165, 1.54) is 6.26 Å². The molecule has 0 amide bonds. The van der Waals surface area contributed by atoms with Crippen molar-refractivity contribution in [3.8, 4) is 0 Å². The summed E-state index contributed by atoms with van der Waals surface area (Å²) in [5.41, 5.74) is 0.461. The van der Waals surface area contributed by atoms with Gasteiger partial charge < -0.3 is 14.3 Å². The average Bonchev–Trinajstić information content (AvgIpc) is 2.77. The molecule has 96 valence electrons. The average molecular weight is 241 g/mol. The molecule has 0 aliphatic heterocycles. The van der Waals surface area contributed by atoms with Crippen molar-refractivity contribution in [2.75, 3.05) is 26.3 Å². The number of hydrogen-bond donors (Lipinski definition) is 1. The highest BCUT2D eigenvalue weighted by Gasteiger charge is 2.17. The van der Waals surface area contributed by atoms with Crippen molar-refractivity contribution in [3.63, 3.8) is 0 Å². The van der Waals surface area contributed by atoms with E-state index >= 15 is 0 Å². The summed E-state index contributed by atoms with van der Waals surface area (Å²) in [6.07, 6.45) is 1.48. The zero-order chi connectivity index (χ0) is 12.7. The second-order valence-corrected chi connectivity index (χ2v) is 3.57. The van der Waals surface area contributed by atoms with Gasteiger partial charge in [-0.25, -0.2) is 4.79 Å². The maximum atomic E-state index is 11.6. The van der Waals surface area contributed by atoms with Gasteiger partial charge in [0.1, 0.15) is 11.3 Å². The van der Waals surface area contributed by atoms with E-state index in [-0.39, 0.29) is 12.6 Å². The fourth-order valence-electron chi connectivity index (χ4n) is 1.55. The van der Waals surface area contributed by atoms with Crippen LogP contribution in [-0.4, -0.2) is 42.3 Å². The smallest absolute Gasteiger partial charge is 0.341 e. The Balaban J connectivity index is 2.70. The summed E-state index contributed by atoms with van der Waals surface area (Å²) >= 11 is 0. The van der Waals surface area contributed by atoms with Gasteiger partial charge in [0.2, 0.25) is 0 Å². The summed E-state index contributed by atoms with van der Waals surface area (Å²) in [5, 5.41) is 8.90. The van der Waals surface area contributed by atoms with E-state index in [4.69, 9.17) is 14.3 Å². The minimum Gasteiger partial charge on any atom is -0.467 e. The number of likely N-dealkylation sites (N-methyl/N-ethyl adjacent to an activating group) is 1. The van der Waals surface area contributed by atoms with E-state index in [9.17, 15) is 4.79 Å². The van der Waals surface area contributed by atoms with Crippen LogP contribution in [0, 0.1) is 0 Å². The van der Waals surface area contributed by atoms with Crippen molar-refractivity contribution in [2.24, 2.45) is 0 Å². The highest BCUT2D eigenvalue weighted by Crippen LogP contribution is 2.14. The first kappa shape index (κ1) is 13.7. The normalized spacial score (nSPS) is 10.8. The van der Waals surface area contributed by atoms with Gasteiger partial charge in [0.15, 0.2) is 0 Å². The van der Waals surface area contributed by atoms with Crippen molar-refractivity contribution >= 4 is 5.97 Å². The Morgan fingerprint density at radius 2 is 2.29 bits per heavy atom. The number of furan rings is 1. The molecule has 0 fully saturated rings. The molecule has 0 spiro atoms. The Bertz CT molecular complexity index is 348. The Labute approximate surface area is 101 Å². The molecule has 0 saturated heterocycles. The van der Waals surface area contributed by atoms with Gasteiger partial charge in [-0.3, -0.25) is 4.90 Å². The molecule has 0 atom stereocenters. The number of aliphatic hydroxyl groups excluding tert-OH is 1. The predicted octanol–water partition coefficient (Wildman–Crippen LogP) is 1.27. The largest absolute Gasteiger partial charge is 0.467 e. The molecule has 1 aromatic heterocycles. The summed E-state index contributed by atoms with van der Waals surface area (Å²) in [7, 11) is 0. The van der Waals surface area contributed by atoms with Gasteiger partial charge in [0, 0.05) is 6.54 Å². The van der Waals surface area contributed by atoms with E-state index in [0.717, 1.165) is 6.54 Å². The summed E-state index contributed by atoms with van der Waals surface area (Å²) in [6, 6.07) is 1.61. The Hall–Kier alpha value is -1.33. The number of hydrogen-bond acceptors (Lipinski definition) is 5. The van der Waals surface area contributed by atoms with Gasteiger partial charge in [0.25, 0.3) is 0 Å². The molecule has 5 heteroatoms. The highest BCUT2D eigenvalue weighted by molar-refractivity contribution is 5.90. The fourth-order valence-corrected chi connectivity index (χ4v) is 1.55. The summed E-state index contributed by atoms with van der Waals surface area (Å²) in [4.78, 5) is 13.6. The summed E-state index contributed by atoms with van der Waals surface area (Å²) in [6.45, 7) is 6.02. The number of rotatable bonds is 7. The second kappa shape index (κ2) is 7.09. The molecule has 0 aromatic carbocycles. The van der Waals surface area contributed by atoms with Gasteiger partial charge in [-0.05, 0) is 19.5 Å². The second-order valence-electron chi connectivity index (χ2n) is 3.57. The number of carbonyl (C=O) groups is 1. The maximum absolute atomic E-state index is 11.6. The van der Waals surface area contributed by atoms with Crippen LogP contribution in [0.3, 0.4) is 0 Å². The molecule has 1 rings (SSSR count). The number of aliphatic hydroxyl groups is 1. The van der Waals surface area contributed by atoms with Crippen molar-refractivity contribution < 1.29 is 19.1 Å². The van der Waals surface area contributed by atoms with E-state index in [1.807, 2.05) is 11.8 Å². The lowest BCUT2D eigenvalue weighted by atomic mass is 10.2. The van der Waals surface area contributed by atoms with Gasteiger partial charge in [-0.15, -0.1) is 0 Å². The number of ether oxygens (including phenoxy) is 1. The standard InChI is InChI=1S/C12H19NO4/c1-3-13(6-7-14)9-11-10(5-8-17-11)12(15)16-4-2/h5,8,14H,3-4,6-7,9H2,1-2H3. The van der Waals surface area contributed by atoms with Gasteiger partial charge in [0.05, 0.1) is 26.0 Å². The van der Waals surface area contributed by atoms with Gasteiger partial charge in [-0.1, -0.05) is 6.92 Å². The fraction of sp³-hybridized carbons (Fsp3) is 0.583. The first-order valence-electron chi connectivity index (χ1n) is 5.79. The van der Waals surface area contributed by atoms with Gasteiger partial charge >= 0.3 is 5.97 Å². The van der Waals surface area contributed by atoms with Crippen LogP contribution in [0.1, 0.15) is 30.0 Å². The molecule has 1 aromatic rings. The number of carbonyl (C=O) groups excluding carboxylic acids is 1. The lowest BCUT2D eigenvalue weighted by Crippen LogP contribution is -2.26. The molecule has 0 aliphatic carbocycles. The third-order valence-corrected chi connectivity index (χ3v) is 2.47. The SMILES string of the molecule is CCOC(=O)c1ccoc1CN(CC)CCO. The minimum atomic E-state index is -0.365. The number of esters is 1. The van der Waals surface area contributed by atoms with E-state index in [2.05, 4.69) is 0 Å². The summed E-state index contributed by atoms with van der Waals surface area (Å²) in [5.74, 6) is 0.218. The van der Waals surface area contributed by atoms with Crippen molar-refractivity contribution in [1.82, 2.24) is 4.90 Å². The van der Waals surface area contributed by atoms with Crippen LogP contribution >= 0.6 is 0 Å². The molecule has 1 N–H and O–H groups in total. The third kappa shape index (κ3) is 3.87. The molecular weight excluding hydrogens is 222 g/mol. The molecule has 17 heavy (non-hydrogen) atoms. The van der Waals surface area contributed by atoms with Crippen molar-refractivity contribution in [1.29, 1.82) is 0 Å². The van der Waals surface area contributed by atoms with Crippen LogP contribution in [-0.2, 0) is 11.3 Å². The van der Waals surface area contributed by atoms with E-state index < -0.39 is 0 Å². The van der Waals surface area contributed by atoms with Crippen molar-refractivity contribution in [2.45, 2.75) is 20.4 Å². The zero-order valence-electron chi connectivity index (χ0n) is 10.3. The third-order valence-electron chi connectivity index (χ3n) is 2.47. The van der Waals surface area contributed by atoms with Crippen LogP contribution < -0.4 is 0 Å². The minimum absolute atomic E-state index is 0.0866. The van der Waals surface area contributed by atoms with Crippen molar-refractivity contribution in [3.05, 3.63) is 23.7 Å². The maximum Gasteiger partial charge on any atom is 0.341 e. The van der Waals surface area contributed by atoms with Crippen LogP contribution in [0.15, 0.2) is 16.7 Å².